The Bertz CT molecular complexity index is 575. The predicted octanol–water partition coefficient (Wildman–Crippen LogP) is 11.9. The summed E-state index contributed by atoms with van der Waals surface area (Å²) >= 11 is 0. The van der Waals surface area contributed by atoms with E-state index in [0.29, 0.717) is 18.4 Å². The molecule has 244 valence electrons. The van der Waals surface area contributed by atoms with Crippen molar-refractivity contribution in [3.8, 4) is 0 Å². The van der Waals surface area contributed by atoms with Gasteiger partial charge in [-0.15, -0.1) is 0 Å². The number of carbonyl (C=O) groups excluding carboxylic acids is 2. The molecule has 0 saturated carbocycles. The lowest BCUT2D eigenvalue weighted by molar-refractivity contribution is -0.163. The first-order valence-corrected chi connectivity index (χ1v) is 18.3. The van der Waals surface area contributed by atoms with E-state index in [9.17, 15) is 9.59 Å². The quantitative estimate of drug-likeness (QED) is 0.0465. The van der Waals surface area contributed by atoms with Gasteiger partial charge in [-0.1, -0.05) is 162 Å². The lowest BCUT2D eigenvalue weighted by Crippen LogP contribution is -2.24. The highest BCUT2D eigenvalue weighted by molar-refractivity contribution is 5.86. The summed E-state index contributed by atoms with van der Waals surface area (Å²) in [7, 11) is 1.77. The van der Waals surface area contributed by atoms with Gasteiger partial charge in [0.1, 0.15) is 0 Å². The van der Waals surface area contributed by atoms with Gasteiger partial charge in [0.05, 0.1) is 12.0 Å². The highest BCUT2D eigenvalue weighted by Crippen LogP contribution is 2.27. The zero-order valence-electron chi connectivity index (χ0n) is 28.5. The highest BCUT2D eigenvalue weighted by atomic mass is 16.6. The maximum Gasteiger partial charge on any atom is 0.316 e. The summed E-state index contributed by atoms with van der Waals surface area (Å²) in [4.78, 5) is 25.5. The number of ether oxygens (including phenoxy) is 2. The maximum absolute atomic E-state index is 13.0. The second-order valence-corrected chi connectivity index (χ2v) is 12.9. The zero-order valence-corrected chi connectivity index (χ0v) is 28.5. The molecule has 0 saturated heterocycles. The Kier molecular flexibility index (Phi) is 29.9. The molecular weight excluding hydrogens is 508 g/mol. The van der Waals surface area contributed by atoms with E-state index in [0.717, 1.165) is 57.8 Å². The van der Waals surface area contributed by atoms with Crippen molar-refractivity contribution in [1.29, 1.82) is 0 Å². The van der Waals surface area contributed by atoms with Crippen LogP contribution in [-0.4, -0.2) is 25.2 Å². The average Bonchev–Trinajstić information content (AvgIpc) is 2.97. The standard InChI is InChI=1S/C37H72O4/c1-6-9-11-12-13-14-15-16-17-18-19-20-21-22-27-31-36(38)41-37(39)35(32-34(8-3)29-10-7-2)30-26-24-23-25-28-33(4)40-5/h33-35H,6-32H2,1-5H3. The third-order valence-corrected chi connectivity index (χ3v) is 9.01. The van der Waals surface area contributed by atoms with Crippen LogP contribution in [0, 0.1) is 11.8 Å². The average molecular weight is 581 g/mol. The van der Waals surface area contributed by atoms with Crippen molar-refractivity contribution in [3.05, 3.63) is 0 Å². The van der Waals surface area contributed by atoms with Gasteiger partial charge < -0.3 is 9.47 Å². The molecule has 0 radical (unpaired) electrons. The Morgan fingerprint density at radius 1 is 0.561 bits per heavy atom. The molecule has 0 bridgehead atoms. The van der Waals surface area contributed by atoms with E-state index < -0.39 is 0 Å². The highest BCUT2D eigenvalue weighted by Gasteiger charge is 2.25. The van der Waals surface area contributed by atoms with Gasteiger partial charge in [0, 0.05) is 13.5 Å². The van der Waals surface area contributed by atoms with Gasteiger partial charge in [-0.05, 0) is 38.5 Å². The molecule has 3 unspecified atom stereocenters. The first-order chi connectivity index (χ1) is 20.0. The van der Waals surface area contributed by atoms with Gasteiger partial charge in [-0.25, -0.2) is 0 Å². The molecule has 0 rings (SSSR count). The number of hydrogen-bond donors (Lipinski definition) is 0. The summed E-state index contributed by atoms with van der Waals surface area (Å²) in [6, 6.07) is 0. The molecule has 0 aliphatic heterocycles. The first kappa shape index (κ1) is 40.1. The SMILES string of the molecule is CCCCCCCCCCCCCCCCCC(=O)OC(=O)C(CCCCCCC(C)OC)CC(CC)CCCC. The Morgan fingerprint density at radius 2 is 1.02 bits per heavy atom. The number of carbonyl (C=O) groups is 2. The second kappa shape index (κ2) is 30.6. The van der Waals surface area contributed by atoms with Crippen LogP contribution < -0.4 is 0 Å². The molecule has 0 heterocycles. The molecule has 0 fully saturated rings. The Balaban J connectivity index is 4.13. The van der Waals surface area contributed by atoms with Crippen molar-refractivity contribution in [2.75, 3.05) is 7.11 Å². The monoisotopic (exact) mass is 581 g/mol. The summed E-state index contributed by atoms with van der Waals surface area (Å²) in [6.07, 6.45) is 32.2. The van der Waals surface area contributed by atoms with Crippen molar-refractivity contribution in [2.24, 2.45) is 11.8 Å². The third-order valence-electron chi connectivity index (χ3n) is 9.01. The minimum absolute atomic E-state index is 0.139. The van der Waals surface area contributed by atoms with Crippen LogP contribution >= 0.6 is 0 Å². The first-order valence-electron chi connectivity index (χ1n) is 18.3. The normalized spacial score (nSPS) is 13.7. The number of unbranched alkanes of at least 4 members (excludes halogenated alkanes) is 18. The van der Waals surface area contributed by atoms with Gasteiger partial charge in [-0.2, -0.15) is 0 Å². The zero-order chi connectivity index (χ0) is 30.4. The number of hydrogen-bond acceptors (Lipinski definition) is 4. The van der Waals surface area contributed by atoms with Crippen LogP contribution in [0.3, 0.4) is 0 Å². The molecule has 0 aromatic carbocycles. The molecule has 0 aliphatic rings. The smallest absolute Gasteiger partial charge is 0.316 e. The van der Waals surface area contributed by atoms with Gasteiger partial charge in [-0.3, -0.25) is 9.59 Å². The predicted molar refractivity (Wildman–Crippen MR) is 176 cm³/mol. The third kappa shape index (κ3) is 26.5. The van der Waals surface area contributed by atoms with E-state index in [1.807, 2.05) is 0 Å². The lowest BCUT2D eigenvalue weighted by atomic mass is 9.86. The lowest BCUT2D eigenvalue weighted by Gasteiger charge is -2.21. The summed E-state index contributed by atoms with van der Waals surface area (Å²) in [5, 5.41) is 0. The van der Waals surface area contributed by atoms with Crippen LogP contribution in [-0.2, 0) is 19.1 Å². The van der Waals surface area contributed by atoms with Crippen LogP contribution in [0.25, 0.3) is 0 Å². The minimum Gasteiger partial charge on any atom is -0.393 e. The number of methoxy groups -OCH3 is 1. The molecule has 4 heteroatoms. The van der Waals surface area contributed by atoms with Crippen molar-refractivity contribution in [3.63, 3.8) is 0 Å². The van der Waals surface area contributed by atoms with E-state index in [1.165, 1.54) is 109 Å². The van der Waals surface area contributed by atoms with Crippen LogP contribution in [0.5, 0.6) is 0 Å². The summed E-state index contributed by atoms with van der Waals surface area (Å²) < 4.78 is 10.8. The van der Waals surface area contributed by atoms with Crippen molar-refractivity contribution < 1.29 is 19.1 Å². The minimum atomic E-state index is -0.315. The Hall–Kier alpha value is -0.900. The summed E-state index contributed by atoms with van der Waals surface area (Å²) in [5.74, 6) is -0.177. The van der Waals surface area contributed by atoms with Gasteiger partial charge in [0.25, 0.3) is 0 Å². The summed E-state index contributed by atoms with van der Waals surface area (Å²) in [6.45, 7) is 8.84. The van der Waals surface area contributed by atoms with Crippen LogP contribution in [0.1, 0.15) is 201 Å². The molecule has 0 N–H and O–H groups in total. The van der Waals surface area contributed by atoms with Gasteiger partial charge >= 0.3 is 11.9 Å². The van der Waals surface area contributed by atoms with E-state index in [4.69, 9.17) is 9.47 Å². The fourth-order valence-corrected chi connectivity index (χ4v) is 5.90. The molecule has 41 heavy (non-hydrogen) atoms. The molecule has 0 spiro atoms. The van der Waals surface area contributed by atoms with Crippen LogP contribution in [0.2, 0.25) is 0 Å². The number of esters is 2. The molecular formula is C37H72O4. The summed E-state index contributed by atoms with van der Waals surface area (Å²) in [5.41, 5.74) is 0. The fourth-order valence-electron chi connectivity index (χ4n) is 5.90. The molecule has 3 atom stereocenters. The van der Waals surface area contributed by atoms with E-state index in [1.54, 1.807) is 7.11 Å². The maximum atomic E-state index is 13.0. The molecule has 0 aromatic heterocycles. The van der Waals surface area contributed by atoms with Crippen LogP contribution in [0.4, 0.5) is 0 Å². The molecule has 0 amide bonds. The van der Waals surface area contributed by atoms with E-state index in [-0.39, 0.29) is 17.9 Å². The van der Waals surface area contributed by atoms with E-state index >= 15 is 0 Å². The molecule has 0 aliphatic carbocycles. The van der Waals surface area contributed by atoms with Gasteiger partial charge in [0.15, 0.2) is 0 Å². The number of rotatable bonds is 31. The van der Waals surface area contributed by atoms with Gasteiger partial charge in [0.2, 0.25) is 0 Å². The fraction of sp³-hybridized carbons (Fsp3) is 0.946. The van der Waals surface area contributed by atoms with Crippen molar-refractivity contribution >= 4 is 11.9 Å². The molecule has 4 nitrogen and oxygen atoms in total. The van der Waals surface area contributed by atoms with E-state index in [2.05, 4.69) is 27.7 Å². The van der Waals surface area contributed by atoms with Crippen LogP contribution in [0.15, 0.2) is 0 Å². The molecule has 0 aromatic rings. The second-order valence-electron chi connectivity index (χ2n) is 12.9. The topological polar surface area (TPSA) is 52.6 Å². The van der Waals surface area contributed by atoms with Crippen molar-refractivity contribution in [1.82, 2.24) is 0 Å². The Morgan fingerprint density at radius 3 is 1.51 bits per heavy atom. The Labute approximate surface area is 256 Å². The van der Waals surface area contributed by atoms with Crippen molar-refractivity contribution in [2.45, 2.75) is 207 Å². The largest absolute Gasteiger partial charge is 0.393 e.